The molecular formula is C24H27N3O4. The minimum atomic E-state index is -0.592. The van der Waals surface area contributed by atoms with E-state index >= 15 is 0 Å². The smallest absolute Gasteiger partial charge is 0.338 e. The fourth-order valence-electron chi connectivity index (χ4n) is 3.39. The first-order chi connectivity index (χ1) is 15.0. The molecule has 162 valence electrons. The van der Waals surface area contributed by atoms with Crippen LogP contribution in [0.2, 0.25) is 0 Å². The minimum Gasteiger partial charge on any atom is -0.452 e. The van der Waals surface area contributed by atoms with Gasteiger partial charge in [-0.3, -0.25) is 4.79 Å². The van der Waals surface area contributed by atoms with Gasteiger partial charge in [-0.05, 0) is 54.8 Å². The number of hydrogen-bond acceptors (Lipinski definition) is 6. The van der Waals surface area contributed by atoms with E-state index in [1.54, 1.807) is 17.0 Å². The molecule has 2 aromatic carbocycles. The van der Waals surface area contributed by atoms with Gasteiger partial charge in [0.25, 0.3) is 5.91 Å². The highest BCUT2D eigenvalue weighted by atomic mass is 16.5. The Hall–Kier alpha value is -3.37. The highest BCUT2D eigenvalue weighted by molar-refractivity contribution is 5.91. The molecule has 7 heteroatoms. The standard InChI is InChI=1S/C24H27N3O4/c1-26(2)21-11-7-19(8-12-21)15-27(16-22-4-3-13-30-22)23(28)17-31-24(29)20-9-5-18(14-25)6-10-20/h5-12,22H,3-4,13,15-17H2,1-2H3/t22-/m0/s1. The molecule has 1 atom stereocenters. The van der Waals surface area contributed by atoms with Gasteiger partial charge in [0.2, 0.25) is 0 Å². The number of rotatable bonds is 8. The second-order valence-electron chi connectivity index (χ2n) is 7.74. The summed E-state index contributed by atoms with van der Waals surface area (Å²) in [5, 5.41) is 8.86. The number of benzene rings is 2. The highest BCUT2D eigenvalue weighted by Crippen LogP contribution is 2.18. The minimum absolute atomic E-state index is 0.000717. The molecule has 31 heavy (non-hydrogen) atoms. The Kier molecular flexibility index (Phi) is 7.63. The van der Waals surface area contributed by atoms with Gasteiger partial charge in [-0.2, -0.15) is 5.26 Å². The van der Waals surface area contributed by atoms with E-state index in [1.807, 2.05) is 49.3 Å². The van der Waals surface area contributed by atoms with Crippen molar-refractivity contribution in [2.24, 2.45) is 0 Å². The average Bonchev–Trinajstić information content (AvgIpc) is 3.30. The molecule has 0 aromatic heterocycles. The molecule has 0 unspecified atom stereocenters. The molecule has 0 saturated carbocycles. The lowest BCUT2D eigenvalue weighted by molar-refractivity contribution is -0.136. The molecule has 1 fully saturated rings. The second-order valence-corrected chi connectivity index (χ2v) is 7.74. The van der Waals surface area contributed by atoms with Crippen molar-refractivity contribution in [3.63, 3.8) is 0 Å². The molecule has 0 N–H and O–H groups in total. The first-order valence-corrected chi connectivity index (χ1v) is 10.3. The number of nitriles is 1. The van der Waals surface area contributed by atoms with Gasteiger partial charge in [-0.15, -0.1) is 0 Å². The number of anilines is 1. The third-order valence-electron chi connectivity index (χ3n) is 5.20. The monoisotopic (exact) mass is 421 g/mol. The molecule has 3 rings (SSSR count). The molecule has 1 aliphatic rings. The van der Waals surface area contributed by atoms with Crippen LogP contribution >= 0.6 is 0 Å². The third-order valence-corrected chi connectivity index (χ3v) is 5.20. The summed E-state index contributed by atoms with van der Waals surface area (Å²) in [5.41, 5.74) is 2.83. The van der Waals surface area contributed by atoms with Crippen molar-refractivity contribution in [1.29, 1.82) is 5.26 Å². The normalized spacial score (nSPS) is 15.2. The molecule has 1 heterocycles. The van der Waals surface area contributed by atoms with Gasteiger partial charge < -0.3 is 19.3 Å². The fraction of sp³-hybridized carbons (Fsp3) is 0.375. The van der Waals surface area contributed by atoms with Crippen molar-refractivity contribution >= 4 is 17.6 Å². The Balaban J connectivity index is 1.63. The SMILES string of the molecule is CN(C)c1ccc(CN(C[C@@H]2CCCO2)C(=O)COC(=O)c2ccc(C#N)cc2)cc1. The lowest BCUT2D eigenvalue weighted by Crippen LogP contribution is -2.39. The zero-order valence-corrected chi connectivity index (χ0v) is 17.9. The lowest BCUT2D eigenvalue weighted by atomic mass is 10.1. The van der Waals surface area contributed by atoms with Crippen LogP contribution in [-0.4, -0.2) is 56.7 Å². The molecule has 0 bridgehead atoms. The van der Waals surface area contributed by atoms with Crippen LogP contribution in [0.15, 0.2) is 48.5 Å². The number of carbonyl (C=O) groups excluding carboxylic acids is 2. The number of ether oxygens (including phenoxy) is 2. The molecule has 7 nitrogen and oxygen atoms in total. The first kappa shape index (κ1) is 22.3. The molecular weight excluding hydrogens is 394 g/mol. The highest BCUT2D eigenvalue weighted by Gasteiger charge is 2.24. The van der Waals surface area contributed by atoms with Crippen molar-refractivity contribution in [2.75, 3.05) is 38.8 Å². The van der Waals surface area contributed by atoms with E-state index in [-0.39, 0.29) is 18.6 Å². The van der Waals surface area contributed by atoms with Crippen molar-refractivity contribution in [3.8, 4) is 6.07 Å². The van der Waals surface area contributed by atoms with E-state index in [0.717, 1.165) is 24.1 Å². The molecule has 0 spiro atoms. The summed E-state index contributed by atoms with van der Waals surface area (Å²) in [7, 11) is 3.95. The number of nitrogens with zero attached hydrogens (tertiary/aromatic N) is 3. The van der Waals surface area contributed by atoms with E-state index < -0.39 is 5.97 Å². The second kappa shape index (κ2) is 10.6. The van der Waals surface area contributed by atoms with Crippen molar-refractivity contribution in [3.05, 3.63) is 65.2 Å². The van der Waals surface area contributed by atoms with Crippen LogP contribution in [-0.2, 0) is 20.8 Å². The molecule has 0 aliphatic carbocycles. The van der Waals surface area contributed by atoms with Crippen LogP contribution < -0.4 is 4.90 Å². The molecule has 0 radical (unpaired) electrons. The Bertz CT molecular complexity index is 927. The Labute approximate surface area is 182 Å². The first-order valence-electron chi connectivity index (χ1n) is 10.3. The number of amides is 1. The van der Waals surface area contributed by atoms with E-state index in [4.69, 9.17) is 14.7 Å². The molecule has 2 aromatic rings. The van der Waals surface area contributed by atoms with Crippen LogP contribution in [0.4, 0.5) is 5.69 Å². The number of hydrogen-bond donors (Lipinski definition) is 0. The van der Waals surface area contributed by atoms with Crippen molar-refractivity contribution in [2.45, 2.75) is 25.5 Å². The fourth-order valence-corrected chi connectivity index (χ4v) is 3.39. The zero-order valence-electron chi connectivity index (χ0n) is 17.9. The van der Waals surface area contributed by atoms with Gasteiger partial charge >= 0.3 is 5.97 Å². The van der Waals surface area contributed by atoms with Gasteiger partial charge in [0.1, 0.15) is 0 Å². The van der Waals surface area contributed by atoms with Gasteiger partial charge in [0.15, 0.2) is 6.61 Å². The van der Waals surface area contributed by atoms with E-state index in [9.17, 15) is 9.59 Å². The van der Waals surface area contributed by atoms with Crippen molar-refractivity contribution in [1.82, 2.24) is 4.90 Å². The maximum Gasteiger partial charge on any atom is 0.338 e. The quantitative estimate of drug-likeness (QED) is 0.610. The molecule has 1 aliphatic heterocycles. The van der Waals surface area contributed by atoms with Gasteiger partial charge in [-0.25, -0.2) is 4.79 Å². The van der Waals surface area contributed by atoms with Crippen LogP contribution in [0, 0.1) is 11.3 Å². The maximum atomic E-state index is 12.9. The third kappa shape index (κ3) is 6.30. The summed E-state index contributed by atoms with van der Waals surface area (Å²) in [4.78, 5) is 28.9. The van der Waals surface area contributed by atoms with E-state index in [0.29, 0.717) is 30.8 Å². The number of esters is 1. The molecule has 1 saturated heterocycles. The predicted octanol–water partition coefficient (Wildman–Crippen LogP) is 2.99. The average molecular weight is 421 g/mol. The lowest BCUT2D eigenvalue weighted by Gasteiger charge is -2.26. The van der Waals surface area contributed by atoms with Crippen LogP contribution in [0.25, 0.3) is 0 Å². The molecule has 1 amide bonds. The summed E-state index contributed by atoms with van der Waals surface area (Å²) in [6.07, 6.45) is 1.89. The Morgan fingerprint density at radius 2 is 1.84 bits per heavy atom. The zero-order chi connectivity index (χ0) is 22.2. The topological polar surface area (TPSA) is 82.9 Å². The largest absolute Gasteiger partial charge is 0.452 e. The Morgan fingerprint density at radius 3 is 2.42 bits per heavy atom. The van der Waals surface area contributed by atoms with Crippen LogP contribution in [0.3, 0.4) is 0 Å². The Morgan fingerprint density at radius 1 is 1.13 bits per heavy atom. The van der Waals surface area contributed by atoms with E-state index in [1.165, 1.54) is 12.1 Å². The summed E-state index contributed by atoms with van der Waals surface area (Å²) in [6, 6.07) is 16.1. The predicted molar refractivity (Wildman–Crippen MR) is 117 cm³/mol. The van der Waals surface area contributed by atoms with Gasteiger partial charge in [-0.1, -0.05) is 12.1 Å². The van der Waals surface area contributed by atoms with Gasteiger partial charge in [0.05, 0.1) is 23.3 Å². The van der Waals surface area contributed by atoms with Crippen molar-refractivity contribution < 1.29 is 19.1 Å². The summed E-state index contributed by atoms with van der Waals surface area (Å²) >= 11 is 0. The maximum absolute atomic E-state index is 12.9. The van der Waals surface area contributed by atoms with Crippen LogP contribution in [0.1, 0.15) is 34.3 Å². The van der Waals surface area contributed by atoms with E-state index in [2.05, 4.69) is 0 Å². The summed E-state index contributed by atoms with van der Waals surface area (Å²) in [6.45, 7) is 1.24. The number of carbonyl (C=O) groups is 2. The summed E-state index contributed by atoms with van der Waals surface area (Å²) in [5.74, 6) is -0.862. The van der Waals surface area contributed by atoms with Gasteiger partial charge in [0, 0.05) is 39.5 Å². The van der Waals surface area contributed by atoms with Crippen LogP contribution in [0.5, 0.6) is 0 Å². The summed E-state index contributed by atoms with van der Waals surface area (Å²) < 4.78 is 10.9.